The van der Waals surface area contributed by atoms with Gasteiger partial charge < -0.3 is 4.74 Å². The summed E-state index contributed by atoms with van der Waals surface area (Å²) in [6.45, 7) is 0.332. The molecular weight excluding hydrogens is 478 g/mol. The minimum Gasteiger partial charge on any atom is -0.486 e. The molecule has 20 heavy (non-hydrogen) atoms. The molecule has 0 aliphatic carbocycles. The first kappa shape index (κ1) is 16.3. The summed E-state index contributed by atoms with van der Waals surface area (Å²) in [5.74, 6) is 0.839. The molecule has 2 rings (SSSR count). The Hall–Kier alpha value is -0.100. The summed E-state index contributed by atoms with van der Waals surface area (Å²) in [4.78, 5) is 0. The summed E-state index contributed by atoms with van der Waals surface area (Å²) < 4.78 is 21.1. The van der Waals surface area contributed by atoms with Gasteiger partial charge in [0.2, 0.25) is 0 Å². The molecule has 0 aliphatic heterocycles. The molecule has 0 unspecified atom stereocenters. The van der Waals surface area contributed by atoms with Crippen molar-refractivity contribution < 1.29 is 9.13 Å². The molecule has 106 valence electrons. The zero-order valence-electron chi connectivity index (χ0n) is 10.1. The number of benzene rings is 2. The first-order chi connectivity index (χ1) is 9.51. The molecule has 0 saturated heterocycles. The van der Waals surface area contributed by atoms with Gasteiger partial charge in [0, 0.05) is 15.9 Å². The molecule has 0 bridgehead atoms. The minimum atomic E-state index is -0.283. The van der Waals surface area contributed by atoms with Crippen LogP contribution in [0.25, 0.3) is 0 Å². The van der Waals surface area contributed by atoms with E-state index in [1.165, 1.54) is 12.1 Å². The highest BCUT2D eigenvalue weighted by atomic mass is 79.9. The first-order valence-electron chi connectivity index (χ1n) is 5.62. The Morgan fingerprint density at radius 2 is 1.65 bits per heavy atom. The Kier molecular flexibility index (Phi) is 5.90. The van der Waals surface area contributed by atoms with E-state index < -0.39 is 0 Å². The zero-order chi connectivity index (χ0) is 14.7. The van der Waals surface area contributed by atoms with Crippen LogP contribution >= 0.6 is 59.4 Å². The van der Waals surface area contributed by atoms with Crippen LogP contribution in [0.4, 0.5) is 4.39 Å². The van der Waals surface area contributed by atoms with E-state index in [1.54, 1.807) is 6.07 Å². The van der Waals surface area contributed by atoms with Crippen LogP contribution in [-0.4, -0.2) is 0 Å². The molecule has 0 radical (unpaired) electrons. The van der Waals surface area contributed by atoms with Crippen molar-refractivity contribution in [1.82, 2.24) is 0 Å². The summed E-state index contributed by atoms with van der Waals surface area (Å²) in [5.41, 5.74) is 1.85. The maximum absolute atomic E-state index is 13.0. The summed E-state index contributed by atoms with van der Waals surface area (Å²) in [5, 5.41) is 0. The Bertz CT molecular complexity index is 611. The summed E-state index contributed by atoms with van der Waals surface area (Å²) in [7, 11) is 0. The van der Waals surface area contributed by atoms with Crippen molar-refractivity contribution in [2.24, 2.45) is 0 Å². The second kappa shape index (κ2) is 7.25. The second-order valence-electron chi connectivity index (χ2n) is 4.05. The fourth-order valence-electron chi connectivity index (χ4n) is 1.62. The van der Waals surface area contributed by atoms with Crippen molar-refractivity contribution in [3.05, 3.63) is 60.7 Å². The number of hydrogen-bond acceptors (Lipinski definition) is 1. The van der Waals surface area contributed by atoms with Crippen molar-refractivity contribution in [3.63, 3.8) is 0 Å². The van der Waals surface area contributed by atoms with Gasteiger partial charge in [-0.05, 0) is 61.7 Å². The standard InChI is InChI=1S/C14H9Br3ClFO/c15-11-5-10(19)2-1-9(11)7-20-14-12(16)3-8(6-18)4-13(14)17/h1-5H,6-7H2. The van der Waals surface area contributed by atoms with Gasteiger partial charge in [0.25, 0.3) is 0 Å². The molecule has 2 aromatic carbocycles. The van der Waals surface area contributed by atoms with E-state index in [1.807, 2.05) is 12.1 Å². The molecule has 0 amide bonds. The van der Waals surface area contributed by atoms with Gasteiger partial charge in [-0.1, -0.05) is 22.0 Å². The Balaban J connectivity index is 2.19. The second-order valence-corrected chi connectivity index (χ2v) is 6.88. The van der Waals surface area contributed by atoms with Crippen LogP contribution < -0.4 is 4.74 Å². The van der Waals surface area contributed by atoms with Gasteiger partial charge in [0.15, 0.2) is 0 Å². The smallest absolute Gasteiger partial charge is 0.148 e. The van der Waals surface area contributed by atoms with E-state index >= 15 is 0 Å². The van der Waals surface area contributed by atoms with E-state index in [2.05, 4.69) is 47.8 Å². The van der Waals surface area contributed by atoms with Crippen LogP contribution in [0.2, 0.25) is 0 Å². The molecule has 0 aliphatic rings. The lowest BCUT2D eigenvalue weighted by molar-refractivity contribution is 0.301. The van der Waals surface area contributed by atoms with E-state index in [-0.39, 0.29) is 5.82 Å². The predicted octanol–water partition coefficient (Wildman–Crippen LogP) is 6.43. The third-order valence-electron chi connectivity index (χ3n) is 2.60. The lowest BCUT2D eigenvalue weighted by atomic mass is 10.2. The van der Waals surface area contributed by atoms with E-state index in [0.29, 0.717) is 22.7 Å². The van der Waals surface area contributed by atoms with Crippen LogP contribution in [0.1, 0.15) is 11.1 Å². The first-order valence-corrected chi connectivity index (χ1v) is 8.53. The van der Waals surface area contributed by atoms with E-state index in [9.17, 15) is 4.39 Å². The van der Waals surface area contributed by atoms with Gasteiger partial charge >= 0.3 is 0 Å². The van der Waals surface area contributed by atoms with Crippen LogP contribution in [0.3, 0.4) is 0 Å². The number of rotatable bonds is 4. The molecule has 0 fully saturated rings. The van der Waals surface area contributed by atoms with Crippen LogP contribution in [0.5, 0.6) is 5.75 Å². The average Bonchev–Trinajstić information content (AvgIpc) is 2.39. The number of hydrogen-bond donors (Lipinski definition) is 0. The lowest BCUT2D eigenvalue weighted by Crippen LogP contribution is -1.99. The molecule has 0 aromatic heterocycles. The fraction of sp³-hybridized carbons (Fsp3) is 0.143. The number of ether oxygens (including phenoxy) is 1. The quantitative estimate of drug-likeness (QED) is 0.452. The fourth-order valence-corrected chi connectivity index (χ4v) is 3.75. The normalized spacial score (nSPS) is 10.7. The highest BCUT2D eigenvalue weighted by Gasteiger charge is 2.10. The zero-order valence-corrected chi connectivity index (χ0v) is 15.6. The number of halogens is 5. The third kappa shape index (κ3) is 3.97. The molecule has 0 heterocycles. The third-order valence-corrected chi connectivity index (χ3v) is 4.82. The maximum atomic E-state index is 13.0. The van der Waals surface area contributed by atoms with E-state index in [4.69, 9.17) is 16.3 Å². The molecule has 2 aromatic rings. The SMILES string of the molecule is Fc1ccc(COc2c(Br)cc(CCl)cc2Br)c(Br)c1. The lowest BCUT2D eigenvalue weighted by Gasteiger charge is -2.12. The van der Waals surface area contributed by atoms with Gasteiger partial charge in [0.1, 0.15) is 18.2 Å². The van der Waals surface area contributed by atoms with Crippen molar-refractivity contribution in [3.8, 4) is 5.75 Å². The van der Waals surface area contributed by atoms with Crippen molar-refractivity contribution in [2.45, 2.75) is 12.5 Å². The average molecular weight is 487 g/mol. The van der Waals surface area contributed by atoms with Gasteiger partial charge in [-0.15, -0.1) is 11.6 Å². The molecule has 1 nitrogen and oxygen atoms in total. The maximum Gasteiger partial charge on any atom is 0.148 e. The largest absolute Gasteiger partial charge is 0.486 e. The summed E-state index contributed by atoms with van der Waals surface area (Å²) >= 11 is 16.0. The van der Waals surface area contributed by atoms with Crippen LogP contribution in [-0.2, 0) is 12.5 Å². The van der Waals surface area contributed by atoms with Gasteiger partial charge in [-0.25, -0.2) is 4.39 Å². The molecule has 0 N–H and O–H groups in total. The molecule has 0 spiro atoms. The molecule has 6 heteroatoms. The summed E-state index contributed by atoms with van der Waals surface area (Å²) in [6, 6.07) is 8.33. The van der Waals surface area contributed by atoms with Crippen molar-refractivity contribution in [2.75, 3.05) is 0 Å². The number of alkyl halides is 1. The minimum absolute atomic E-state index is 0.283. The van der Waals surface area contributed by atoms with Crippen LogP contribution in [0.15, 0.2) is 43.7 Å². The Morgan fingerprint density at radius 3 is 2.20 bits per heavy atom. The summed E-state index contributed by atoms with van der Waals surface area (Å²) in [6.07, 6.45) is 0. The Labute approximate surface area is 146 Å². The van der Waals surface area contributed by atoms with Gasteiger partial charge in [-0.3, -0.25) is 0 Å². The topological polar surface area (TPSA) is 9.23 Å². The highest BCUT2D eigenvalue weighted by Crippen LogP contribution is 2.36. The van der Waals surface area contributed by atoms with Gasteiger partial charge in [-0.2, -0.15) is 0 Å². The van der Waals surface area contributed by atoms with Crippen molar-refractivity contribution in [1.29, 1.82) is 0 Å². The van der Waals surface area contributed by atoms with Crippen LogP contribution in [0, 0.1) is 5.82 Å². The Morgan fingerprint density at radius 1 is 1.00 bits per heavy atom. The molecular formula is C14H9Br3ClFO. The van der Waals surface area contributed by atoms with Crippen molar-refractivity contribution >= 4 is 59.4 Å². The highest BCUT2D eigenvalue weighted by molar-refractivity contribution is 9.11. The molecule has 0 atom stereocenters. The van der Waals surface area contributed by atoms with Gasteiger partial charge in [0.05, 0.1) is 8.95 Å². The predicted molar refractivity (Wildman–Crippen MR) is 89.8 cm³/mol. The molecule has 0 saturated carbocycles. The van der Waals surface area contributed by atoms with E-state index in [0.717, 1.165) is 20.1 Å². The monoisotopic (exact) mass is 484 g/mol.